The lowest BCUT2D eigenvalue weighted by molar-refractivity contribution is 0.263. The monoisotopic (exact) mass is 245 g/mol. The maximum atomic E-state index is 5.74. The van der Waals surface area contributed by atoms with Gasteiger partial charge in [-0.1, -0.05) is 0 Å². The van der Waals surface area contributed by atoms with Crippen molar-refractivity contribution < 1.29 is 4.74 Å². The minimum absolute atomic E-state index is 0.772. The van der Waals surface area contributed by atoms with Crippen LogP contribution in [0.15, 0.2) is 24.5 Å². The van der Waals surface area contributed by atoms with Gasteiger partial charge in [-0.15, -0.1) is 0 Å². The highest BCUT2D eigenvalue weighted by molar-refractivity contribution is 5.76. The fraction of sp³-hybridized carbons (Fsp3) is 0.500. The second kappa shape index (κ2) is 5.40. The smallest absolute Gasteiger partial charge is 0.138 e. The lowest BCUT2D eigenvalue weighted by Gasteiger charge is -2.14. The molecule has 3 rings (SSSR count). The Kier molecular flexibility index (Phi) is 3.46. The number of nitrogens with one attached hydrogen (secondary N) is 1. The molecule has 0 amide bonds. The maximum Gasteiger partial charge on any atom is 0.138 e. The van der Waals surface area contributed by atoms with E-state index in [0.29, 0.717) is 0 Å². The largest absolute Gasteiger partial charge is 0.492 e. The normalized spacial score (nSPS) is 16.4. The number of aromatic nitrogens is 2. The van der Waals surface area contributed by atoms with Gasteiger partial charge in [-0.3, -0.25) is 0 Å². The molecule has 0 aliphatic carbocycles. The van der Waals surface area contributed by atoms with Gasteiger partial charge in [-0.2, -0.15) is 0 Å². The van der Waals surface area contributed by atoms with Crippen molar-refractivity contribution in [2.24, 2.45) is 0 Å². The molecule has 0 radical (unpaired) electrons. The van der Waals surface area contributed by atoms with Gasteiger partial charge >= 0.3 is 0 Å². The van der Waals surface area contributed by atoms with Crippen LogP contribution in [0.4, 0.5) is 0 Å². The summed E-state index contributed by atoms with van der Waals surface area (Å²) in [7, 11) is 0. The number of rotatable bonds is 5. The van der Waals surface area contributed by atoms with Gasteiger partial charge in [0.2, 0.25) is 0 Å². The third-order valence-electron chi connectivity index (χ3n) is 3.46. The Balaban J connectivity index is 1.47. The highest BCUT2D eigenvalue weighted by atomic mass is 16.5. The van der Waals surface area contributed by atoms with Gasteiger partial charge in [0.1, 0.15) is 11.4 Å². The van der Waals surface area contributed by atoms with E-state index in [9.17, 15) is 0 Å². The Morgan fingerprint density at radius 1 is 1.33 bits per heavy atom. The van der Waals surface area contributed by atoms with E-state index in [2.05, 4.69) is 14.9 Å². The Morgan fingerprint density at radius 3 is 3.11 bits per heavy atom. The molecule has 0 unspecified atom stereocenters. The molecule has 0 bridgehead atoms. The lowest BCUT2D eigenvalue weighted by Crippen LogP contribution is -2.21. The minimum Gasteiger partial charge on any atom is -0.492 e. The number of ether oxygens (including phenoxy) is 1. The number of fused-ring (bicyclic) bond motifs is 1. The molecule has 1 N–H and O–H groups in total. The van der Waals surface area contributed by atoms with Gasteiger partial charge in [0, 0.05) is 18.1 Å². The Hall–Kier alpha value is -1.55. The topological polar surface area (TPSA) is 41.1 Å². The minimum atomic E-state index is 0.772. The number of hydrogen-bond donors (Lipinski definition) is 1. The molecular weight excluding hydrogens is 226 g/mol. The first kappa shape index (κ1) is 11.5. The molecule has 0 spiro atoms. The first-order valence-corrected chi connectivity index (χ1v) is 6.70. The van der Waals surface area contributed by atoms with Crippen molar-refractivity contribution in [2.45, 2.75) is 19.3 Å². The van der Waals surface area contributed by atoms with Crippen LogP contribution in [0.3, 0.4) is 0 Å². The Labute approximate surface area is 107 Å². The summed E-state index contributed by atoms with van der Waals surface area (Å²) in [5.41, 5.74) is 0.916. The fourth-order valence-corrected chi connectivity index (χ4v) is 2.48. The summed E-state index contributed by atoms with van der Waals surface area (Å²) >= 11 is 0. The van der Waals surface area contributed by atoms with E-state index in [-0.39, 0.29) is 0 Å². The SMILES string of the molecule is c1cc2cc(OCCCN3CCCC3)cnc2[nH]1. The lowest BCUT2D eigenvalue weighted by atomic mass is 10.3. The predicted octanol–water partition coefficient (Wildman–Crippen LogP) is 2.43. The van der Waals surface area contributed by atoms with Crippen LogP contribution in [0.25, 0.3) is 11.0 Å². The number of likely N-dealkylation sites (tertiary alicyclic amines) is 1. The molecule has 1 fully saturated rings. The maximum absolute atomic E-state index is 5.74. The highest BCUT2D eigenvalue weighted by Gasteiger charge is 2.10. The molecule has 4 heteroatoms. The summed E-state index contributed by atoms with van der Waals surface area (Å²) in [6.07, 6.45) is 7.48. The van der Waals surface area contributed by atoms with E-state index in [1.54, 1.807) is 6.20 Å². The Bertz CT molecular complexity index is 502. The van der Waals surface area contributed by atoms with Crippen molar-refractivity contribution in [1.82, 2.24) is 14.9 Å². The predicted molar refractivity (Wildman–Crippen MR) is 71.9 cm³/mol. The number of aromatic amines is 1. The molecule has 1 aliphatic heterocycles. The molecule has 0 atom stereocenters. The van der Waals surface area contributed by atoms with Gasteiger partial charge in [-0.05, 0) is 44.5 Å². The first-order valence-electron chi connectivity index (χ1n) is 6.70. The molecule has 18 heavy (non-hydrogen) atoms. The van der Waals surface area contributed by atoms with Gasteiger partial charge in [0.05, 0.1) is 12.8 Å². The van der Waals surface area contributed by atoms with E-state index in [1.807, 2.05) is 18.3 Å². The summed E-state index contributed by atoms with van der Waals surface area (Å²) in [5.74, 6) is 0.864. The van der Waals surface area contributed by atoms with E-state index in [4.69, 9.17) is 4.74 Å². The summed E-state index contributed by atoms with van der Waals surface area (Å²) in [4.78, 5) is 9.90. The van der Waals surface area contributed by atoms with Crippen molar-refractivity contribution in [3.8, 4) is 5.75 Å². The van der Waals surface area contributed by atoms with Crippen molar-refractivity contribution in [3.63, 3.8) is 0 Å². The molecule has 3 heterocycles. The Morgan fingerprint density at radius 2 is 2.22 bits per heavy atom. The van der Waals surface area contributed by atoms with Crippen LogP contribution in [0.5, 0.6) is 5.75 Å². The summed E-state index contributed by atoms with van der Waals surface area (Å²) in [5, 5.41) is 1.10. The van der Waals surface area contributed by atoms with E-state index >= 15 is 0 Å². The molecule has 2 aromatic rings. The summed E-state index contributed by atoms with van der Waals surface area (Å²) in [6.45, 7) is 4.45. The third-order valence-corrected chi connectivity index (χ3v) is 3.46. The van der Waals surface area contributed by atoms with Gasteiger partial charge in [0.15, 0.2) is 0 Å². The zero-order valence-electron chi connectivity index (χ0n) is 10.6. The van der Waals surface area contributed by atoms with Crippen molar-refractivity contribution in [2.75, 3.05) is 26.2 Å². The van der Waals surface area contributed by atoms with Crippen LogP contribution in [0.2, 0.25) is 0 Å². The third kappa shape index (κ3) is 2.64. The second-order valence-electron chi connectivity index (χ2n) is 4.84. The van der Waals surface area contributed by atoms with Crippen LogP contribution < -0.4 is 4.74 Å². The van der Waals surface area contributed by atoms with Crippen LogP contribution >= 0.6 is 0 Å². The molecule has 2 aromatic heterocycles. The number of hydrogen-bond acceptors (Lipinski definition) is 3. The van der Waals surface area contributed by atoms with Crippen LogP contribution in [-0.4, -0.2) is 41.1 Å². The van der Waals surface area contributed by atoms with Crippen LogP contribution in [0, 0.1) is 0 Å². The number of H-pyrrole nitrogens is 1. The molecule has 1 aliphatic rings. The van der Waals surface area contributed by atoms with E-state index in [0.717, 1.165) is 36.4 Å². The number of nitrogens with zero attached hydrogens (tertiary/aromatic N) is 2. The number of pyridine rings is 1. The molecular formula is C14H19N3O. The standard InChI is InChI=1S/C14H19N3O/c1-2-7-17(6-1)8-3-9-18-13-10-12-4-5-15-14(12)16-11-13/h4-5,10-11H,1-3,6-9H2,(H,15,16). The average Bonchev–Trinajstić information content (AvgIpc) is 3.05. The van der Waals surface area contributed by atoms with E-state index < -0.39 is 0 Å². The van der Waals surface area contributed by atoms with E-state index in [1.165, 1.54) is 25.9 Å². The molecule has 0 aromatic carbocycles. The quantitative estimate of drug-likeness (QED) is 0.822. The molecule has 0 saturated carbocycles. The van der Waals surface area contributed by atoms with Crippen molar-refractivity contribution in [1.29, 1.82) is 0 Å². The molecule has 4 nitrogen and oxygen atoms in total. The zero-order valence-corrected chi connectivity index (χ0v) is 10.6. The fourth-order valence-electron chi connectivity index (χ4n) is 2.48. The first-order chi connectivity index (χ1) is 8.92. The second-order valence-corrected chi connectivity index (χ2v) is 4.84. The van der Waals surface area contributed by atoms with Gasteiger partial charge < -0.3 is 14.6 Å². The van der Waals surface area contributed by atoms with Crippen molar-refractivity contribution in [3.05, 3.63) is 24.5 Å². The van der Waals surface area contributed by atoms with Gasteiger partial charge in [0.25, 0.3) is 0 Å². The highest BCUT2D eigenvalue weighted by Crippen LogP contribution is 2.17. The summed E-state index contributed by atoms with van der Waals surface area (Å²) in [6, 6.07) is 4.05. The zero-order chi connectivity index (χ0) is 12.2. The molecule has 1 saturated heterocycles. The van der Waals surface area contributed by atoms with Gasteiger partial charge in [-0.25, -0.2) is 4.98 Å². The average molecular weight is 245 g/mol. The van der Waals surface area contributed by atoms with Crippen LogP contribution in [0.1, 0.15) is 19.3 Å². The summed E-state index contributed by atoms with van der Waals surface area (Å²) < 4.78 is 5.74. The molecule has 96 valence electrons. The van der Waals surface area contributed by atoms with Crippen LogP contribution in [-0.2, 0) is 0 Å². The van der Waals surface area contributed by atoms with Crippen molar-refractivity contribution >= 4 is 11.0 Å².